The number of anilines is 2. The third kappa shape index (κ3) is 13.5. The fourth-order valence-corrected chi connectivity index (χ4v) is 11.7. The van der Waals surface area contributed by atoms with Crippen LogP contribution >= 0.6 is 0 Å². The lowest BCUT2D eigenvalue weighted by molar-refractivity contribution is -0.144. The van der Waals surface area contributed by atoms with Crippen molar-refractivity contribution in [3.8, 4) is 0 Å². The number of carbonyl (C=O) groups excluding carboxylic acids is 8. The number of hydrogen-bond donors (Lipinski definition) is 8. The van der Waals surface area contributed by atoms with E-state index in [0.717, 1.165) is 24.3 Å². The van der Waals surface area contributed by atoms with E-state index in [2.05, 4.69) is 42.5 Å². The summed E-state index contributed by atoms with van der Waals surface area (Å²) in [4.78, 5) is 117. The molecule has 20 nitrogen and oxygen atoms in total. The van der Waals surface area contributed by atoms with Crippen molar-refractivity contribution in [2.45, 2.75) is 150 Å². The fourth-order valence-electron chi connectivity index (χ4n) is 11.7. The van der Waals surface area contributed by atoms with E-state index in [-0.39, 0.29) is 87.2 Å². The van der Waals surface area contributed by atoms with Gasteiger partial charge in [-0.05, 0) is 139 Å². The second-order valence-corrected chi connectivity index (χ2v) is 22.4. The van der Waals surface area contributed by atoms with Gasteiger partial charge in [0.15, 0.2) is 0 Å². The molecule has 4 heterocycles. The Morgan fingerprint density at radius 3 is 1.23 bits per heavy atom. The molecule has 454 valence electrons. The van der Waals surface area contributed by atoms with E-state index >= 15 is 0 Å². The van der Waals surface area contributed by atoms with Crippen LogP contribution in [0.2, 0.25) is 0 Å². The van der Waals surface area contributed by atoms with Crippen LogP contribution in [0.3, 0.4) is 0 Å². The molecule has 4 aliphatic heterocycles. The van der Waals surface area contributed by atoms with Gasteiger partial charge in [-0.2, -0.15) is 26.3 Å². The van der Waals surface area contributed by atoms with Crippen LogP contribution in [0.5, 0.6) is 0 Å². The summed E-state index contributed by atoms with van der Waals surface area (Å²) in [6, 6.07) is 0.983. The zero-order valence-electron chi connectivity index (χ0n) is 46.3. The molecule has 6 aliphatic rings. The first-order valence-corrected chi connectivity index (χ1v) is 27.9. The Kier molecular flexibility index (Phi) is 17.8. The maximum absolute atomic E-state index is 14.8. The van der Waals surface area contributed by atoms with Crippen LogP contribution in [0, 0.1) is 11.6 Å². The van der Waals surface area contributed by atoms with Crippen molar-refractivity contribution < 1.29 is 73.5 Å². The van der Waals surface area contributed by atoms with Crippen LogP contribution < -0.4 is 42.5 Å². The minimum absolute atomic E-state index is 0.0294. The number of amides is 10. The highest BCUT2D eigenvalue weighted by Crippen LogP contribution is 2.45. The molecule has 10 amide bonds. The molecule has 0 bridgehead atoms. The van der Waals surface area contributed by atoms with Crippen molar-refractivity contribution in [3.63, 3.8) is 0 Å². The summed E-state index contributed by atoms with van der Waals surface area (Å²) >= 11 is 0. The quantitative estimate of drug-likeness (QED) is 0.103. The van der Waals surface area contributed by atoms with Gasteiger partial charge < -0.3 is 62.1 Å². The number of fused-ring (bicyclic) bond motifs is 2. The molecule has 9 rings (SSSR count). The van der Waals surface area contributed by atoms with Crippen molar-refractivity contribution >= 4 is 58.9 Å². The molecule has 0 unspecified atom stereocenters. The maximum Gasteiger partial charge on any atom is 0.416 e. The molecule has 28 heteroatoms. The number of benzene rings is 3. The summed E-state index contributed by atoms with van der Waals surface area (Å²) in [5.74, 6) is -6.65. The highest BCUT2D eigenvalue weighted by Gasteiger charge is 2.51. The van der Waals surface area contributed by atoms with E-state index in [1.54, 1.807) is 27.9 Å². The average Bonchev–Trinajstić information content (AvgIpc) is 2.09. The number of nitrogens with one attached hydrogen (secondary N) is 8. The van der Waals surface area contributed by atoms with E-state index in [4.69, 9.17) is 0 Å². The Morgan fingerprint density at radius 2 is 0.893 bits per heavy atom. The molecular formula is C56H66F8N12O8. The predicted molar refractivity (Wildman–Crippen MR) is 286 cm³/mol. The summed E-state index contributed by atoms with van der Waals surface area (Å²) in [7, 11) is 3.09. The number of alkyl halides is 6. The smallest absolute Gasteiger partial charge is 0.351 e. The van der Waals surface area contributed by atoms with Crippen LogP contribution in [0.25, 0.3) is 0 Å². The van der Waals surface area contributed by atoms with Gasteiger partial charge in [-0.3, -0.25) is 28.8 Å². The molecule has 0 spiro atoms. The molecule has 0 radical (unpaired) electrons. The summed E-state index contributed by atoms with van der Waals surface area (Å²) in [5, 5.41) is 22.3. The van der Waals surface area contributed by atoms with Gasteiger partial charge in [-0.15, -0.1) is 0 Å². The standard InChI is InChI=1S/C56H66F8N12O8/c1-27(65-3)47(77)71-43-25-73(19-17-33-11-15-45(75(33)51(43)81)49(79)69-41-23-37(41)35-13-5-29(21-39(35)57)55(59,60)61)53(83)67-31-7-9-32(10-8-31)68-54(84)74-20-18-34-12-16-46(76(34)52(82)44(26-74)72-48(78)28(2)66-4)50(80)70-42-24-38(42)36-14-6-30(22-40(36)58)56(62,63)64/h5-10,13-14,21-22,27-28,33-34,37-38,41-46,65-66H,11-12,15-20,23-26H2,1-4H3,(H,67,83)(H,68,84)(H,69,79)(H,70,80)(H,71,77)(H,72,78)/t27-,28-,33+,34+,37+,38+,41-,42-,43-,44+,45-,46-/m0/s1. The normalized spacial score (nSPS) is 26.7. The fraction of sp³-hybridized carbons (Fsp3) is 0.536. The number of nitrogens with zero attached hydrogens (tertiary/aromatic N) is 4. The molecule has 8 N–H and O–H groups in total. The molecule has 2 aliphatic carbocycles. The van der Waals surface area contributed by atoms with Crippen molar-refractivity contribution in [2.24, 2.45) is 0 Å². The molecule has 3 aromatic carbocycles. The van der Waals surface area contributed by atoms with Crippen LogP contribution in [0.1, 0.15) is 99.3 Å². The van der Waals surface area contributed by atoms with E-state index in [0.29, 0.717) is 25.0 Å². The molecule has 2 saturated carbocycles. The summed E-state index contributed by atoms with van der Waals surface area (Å²) in [5.41, 5.74) is -1.64. The van der Waals surface area contributed by atoms with Crippen LogP contribution in [0.4, 0.5) is 56.1 Å². The lowest BCUT2D eigenvalue weighted by atomic mass is 10.1. The second kappa shape index (κ2) is 24.5. The zero-order valence-corrected chi connectivity index (χ0v) is 46.3. The van der Waals surface area contributed by atoms with Crippen molar-refractivity contribution in [2.75, 3.05) is 50.9 Å². The first-order chi connectivity index (χ1) is 39.7. The van der Waals surface area contributed by atoms with Crippen molar-refractivity contribution in [1.82, 2.24) is 51.5 Å². The third-order valence-corrected chi connectivity index (χ3v) is 16.9. The van der Waals surface area contributed by atoms with E-state index in [1.807, 2.05) is 0 Å². The number of hydrogen-bond acceptors (Lipinski definition) is 10. The highest BCUT2D eigenvalue weighted by atomic mass is 19.4. The van der Waals surface area contributed by atoms with Gasteiger partial charge in [0.25, 0.3) is 0 Å². The van der Waals surface area contributed by atoms with Gasteiger partial charge in [0, 0.05) is 60.5 Å². The molecule has 6 fully saturated rings. The number of rotatable bonds is 14. The second-order valence-electron chi connectivity index (χ2n) is 22.4. The SMILES string of the molecule is CN[C@@H](C)C(=O)N[C@H]1CN(C(=O)Nc2ccc(NC(=O)N3CC[C@H]4CC[C@@H](C(=O)N[C@H]5C[C@@H]5c5ccc(C(F)(F)F)cc5F)N4C(=O)[C@H](NC(=O)[C@H](C)NC)C3)cc2)CC[C@H]2CC[C@@H](C(=O)N[C@H]3C[C@@H]3c3ccc(C(F)(F)F)cc3F)N2C1=O. The topological polar surface area (TPSA) is 246 Å². The number of halogens is 8. The van der Waals surface area contributed by atoms with Crippen molar-refractivity contribution in [3.05, 3.63) is 94.6 Å². The van der Waals surface area contributed by atoms with Crippen LogP contribution in [-0.2, 0) is 41.1 Å². The Bertz CT molecular complexity index is 2850. The minimum Gasteiger partial charge on any atom is -0.351 e. The largest absolute Gasteiger partial charge is 0.416 e. The summed E-state index contributed by atoms with van der Waals surface area (Å²) in [6.07, 6.45) is -7.23. The van der Waals surface area contributed by atoms with E-state index < -0.39 is 155 Å². The Balaban J connectivity index is 0.816. The van der Waals surface area contributed by atoms with Gasteiger partial charge in [0.1, 0.15) is 35.8 Å². The maximum atomic E-state index is 14.8. The van der Waals surface area contributed by atoms with Crippen LogP contribution in [-0.4, -0.2) is 168 Å². The predicted octanol–water partition coefficient (Wildman–Crippen LogP) is 4.73. The first kappa shape index (κ1) is 61.0. The van der Waals surface area contributed by atoms with Gasteiger partial charge in [0.2, 0.25) is 35.4 Å². The van der Waals surface area contributed by atoms with Gasteiger partial charge >= 0.3 is 24.4 Å². The van der Waals surface area contributed by atoms with Crippen molar-refractivity contribution in [1.29, 1.82) is 0 Å². The van der Waals surface area contributed by atoms with Gasteiger partial charge in [-0.1, -0.05) is 12.1 Å². The van der Waals surface area contributed by atoms with Gasteiger partial charge in [-0.25, -0.2) is 18.4 Å². The highest BCUT2D eigenvalue weighted by molar-refractivity contribution is 5.97. The molecule has 12 atom stereocenters. The Labute approximate surface area is 477 Å². The monoisotopic (exact) mass is 1190 g/mol. The molecular weight excluding hydrogens is 1120 g/mol. The lowest BCUT2D eigenvalue weighted by Gasteiger charge is -2.39. The lowest BCUT2D eigenvalue weighted by Crippen LogP contribution is -2.62. The summed E-state index contributed by atoms with van der Waals surface area (Å²) in [6.45, 7) is 2.72. The summed E-state index contributed by atoms with van der Waals surface area (Å²) < 4.78 is 109. The molecule has 0 aromatic heterocycles. The minimum atomic E-state index is -4.73. The molecule has 84 heavy (non-hydrogen) atoms. The first-order valence-electron chi connectivity index (χ1n) is 27.9. The van der Waals surface area contributed by atoms with Gasteiger partial charge in [0.05, 0.1) is 36.3 Å². The number of carbonyl (C=O) groups is 8. The number of likely N-dealkylation sites (N-methyl/N-ethyl adjacent to an activating group) is 2. The zero-order chi connectivity index (χ0) is 60.7. The van der Waals surface area contributed by atoms with Crippen LogP contribution in [0.15, 0.2) is 60.7 Å². The molecule has 4 saturated heterocycles. The molecule has 3 aromatic rings. The number of urea groups is 2. The third-order valence-electron chi connectivity index (χ3n) is 16.9. The Hall–Kier alpha value is -7.62. The Morgan fingerprint density at radius 1 is 0.524 bits per heavy atom. The van der Waals surface area contributed by atoms with E-state index in [1.165, 1.54) is 43.9 Å². The van der Waals surface area contributed by atoms with E-state index in [9.17, 15) is 73.5 Å². The average molecular weight is 1190 g/mol.